The molecule has 8 heteroatoms. The van der Waals surface area contributed by atoms with Gasteiger partial charge in [0, 0.05) is 13.0 Å². The Kier molecular flexibility index (Phi) is 5.04. The van der Waals surface area contributed by atoms with Gasteiger partial charge in [0.05, 0.1) is 10.6 Å². The van der Waals surface area contributed by atoms with Crippen LogP contribution in [0.15, 0.2) is 0 Å². The zero-order valence-electron chi connectivity index (χ0n) is 11.8. The molecule has 0 radical (unpaired) electrons. The molecule has 0 spiro atoms. The van der Waals surface area contributed by atoms with Crippen molar-refractivity contribution < 1.29 is 23.4 Å². The summed E-state index contributed by atoms with van der Waals surface area (Å²) in [6, 6.07) is 0. The number of nitrogens with zero attached hydrogens (tertiary/aromatic N) is 1. The van der Waals surface area contributed by atoms with Gasteiger partial charge in [0.25, 0.3) is 5.92 Å². The highest BCUT2D eigenvalue weighted by Crippen LogP contribution is 2.39. The molecule has 0 bridgehead atoms. The quantitative estimate of drug-likeness (QED) is 0.895. The van der Waals surface area contributed by atoms with Gasteiger partial charge < -0.3 is 9.84 Å². The first-order valence-corrected chi connectivity index (χ1v) is 6.83. The second kappa shape index (κ2) is 6.01. The smallest absolute Gasteiger partial charge is 0.413 e. The fourth-order valence-corrected chi connectivity index (χ4v) is 2.39. The SMILES string of the molecule is Cc1nc(NC(=O)OC(C)(C)C)sc1C(F)(F)CCO. The largest absolute Gasteiger partial charge is 0.444 e. The van der Waals surface area contributed by atoms with Gasteiger partial charge in [-0.2, -0.15) is 0 Å². The molecule has 0 atom stereocenters. The molecule has 0 aliphatic rings. The standard InChI is InChI=1S/C12H18F2N2O3S/c1-7-8(12(13,14)5-6-17)20-9(15-7)16-10(18)19-11(2,3)4/h17H,5-6H2,1-4H3,(H,15,16,18). The molecule has 2 N–H and O–H groups in total. The minimum absolute atomic E-state index is 0.0457. The minimum atomic E-state index is -3.16. The molecule has 0 aliphatic heterocycles. The highest BCUT2D eigenvalue weighted by molar-refractivity contribution is 7.16. The topological polar surface area (TPSA) is 71.5 Å². The number of amides is 1. The number of carbonyl (C=O) groups is 1. The van der Waals surface area contributed by atoms with E-state index in [4.69, 9.17) is 9.84 Å². The third-order valence-electron chi connectivity index (χ3n) is 2.16. The monoisotopic (exact) mass is 308 g/mol. The lowest BCUT2D eigenvalue weighted by Crippen LogP contribution is -2.27. The van der Waals surface area contributed by atoms with Gasteiger partial charge in [0.1, 0.15) is 5.60 Å². The number of thiazole rings is 1. The van der Waals surface area contributed by atoms with E-state index < -0.39 is 30.6 Å². The van der Waals surface area contributed by atoms with Crippen molar-refractivity contribution in [2.45, 2.75) is 45.6 Å². The van der Waals surface area contributed by atoms with E-state index in [0.29, 0.717) is 11.3 Å². The van der Waals surface area contributed by atoms with Gasteiger partial charge in [0.2, 0.25) is 0 Å². The zero-order valence-corrected chi connectivity index (χ0v) is 12.6. The van der Waals surface area contributed by atoms with E-state index in [2.05, 4.69) is 10.3 Å². The maximum atomic E-state index is 13.7. The maximum absolute atomic E-state index is 13.7. The molecule has 0 aliphatic carbocycles. The van der Waals surface area contributed by atoms with Crippen LogP contribution in [0.4, 0.5) is 18.7 Å². The molecule has 20 heavy (non-hydrogen) atoms. The lowest BCUT2D eigenvalue weighted by atomic mass is 10.2. The summed E-state index contributed by atoms with van der Waals surface area (Å²) in [5, 5.41) is 11.0. The van der Waals surface area contributed by atoms with Crippen LogP contribution in [0.25, 0.3) is 0 Å². The lowest BCUT2D eigenvalue weighted by molar-refractivity contribution is -0.0241. The van der Waals surface area contributed by atoms with Crippen molar-refractivity contribution in [3.8, 4) is 0 Å². The average molecular weight is 308 g/mol. The van der Waals surface area contributed by atoms with E-state index in [1.807, 2.05) is 0 Å². The predicted octanol–water partition coefficient (Wildman–Crippen LogP) is 3.27. The minimum Gasteiger partial charge on any atom is -0.444 e. The number of aromatic nitrogens is 1. The van der Waals surface area contributed by atoms with E-state index in [1.165, 1.54) is 6.92 Å². The number of aryl methyl sites for hydroxylation is 1. The third-order valence-corrected chi connectivity index (χ3v) is 3.35. The van der Waals surface area contributed by atoms with Crippen LogP contribution in [0.1, 0.15) is 37.8 Å². The lowest BCUT2D eigenvalue weighted by Gasteiger charge is -2.18. The number of nitrogens with one attached hydrogen (secondary N) is 1. The van der Waals surface area contributed by atoms with Gasteiger partial charge in [-0.3, -0.25) is 5.32 Å². The zero-order chi connectivity index (χ0) is 15.6. The molecule has 5 nitrogen and oxygen atoms in total. The Labute approximate surface area is 120 Å². The van der Waals surface area contributed by atoms with Crippen molar-refractivity contribution in [3.63, 3.8) is 0 Å². The van der Waals surface area contributed by atoms with Gasteiger partial charge in [0.15, 0.2) is 5.13 Å². The van der Waals surface area contributed by atoms with E-state index in [1.54, 1.807) is 20.8 Å². The van der Waals surface area contributed by atoms with Crippen molar-refractivity contribution in [2.75, 3.05) is 11.9 Å². The summed E-state index contributed by atoms with van der Waals surface area (Å²) in [4.78, 5) is 15.1. The third kappa shape index (κ3) is 4.68. The normalized spacial score (nSPS) is 12.3. The number of aliphatic hydroxyl groups excluding tert-OH is 1. The van der Waals surface area contributed by atoms with Crippen LogP contribution in [0.5, 0.6) is 0 Å². The van der Waals surface area contributed by atoms with Crippen LogP contribution in [0.2, 0.25) is 0 Å². The number of hydrogen-bond acceptors (Lipinski definition) is 5. The van der Waals surface area contributed by atoms with E-state index in [-0.39, 0.29) is 15.7 Å². The molecule has 0 saturated carbocycles. The first kappa shape index (κ1) is 16.8. The van der Waals surface area contributed by atoms with Crippen molar-refractivity contribution in [1.82, 2.24) is 4.98 Å². The summed E-state index contributed by atoms with van der Waals surface area (Å²) in [6.07, 6.45) is -1.43. The summed E-state index contributed by atoms with van der Waals surface area (Å²) >= 11 is 0.677. The summed E-state index contributed by atoms with van der Waals surface area (Å²) in [7, 11) is 0. The molecule has 114 valence electrons. The maximum Gasteiger partial charge on any atom is 0.413 e. The van der Waals surface area contributed by atoms with E-state index in [9.17, 15) is 13.6 Å². The number of rotatable bonds is 4. The summed E-state index contributed by atoms with van der Waals surface area (Å²) in [5.74, 6) is -3.16. The Morgan fingerprint density at radius 1 is 1.45 bits per heavy atom. The number of hydrogen-bond donors (Lipinski definition) is 2. The molecule has 0 fully saturated rings. The van der Waals surface area contributed by atoms with Crippen LogP contribution in [-0.2, 0) is 10.7 Å². The molecule has 1 rings (SSSR count). The summed E-state index contributed by atoms with van der Waals surface area (Å²) in [6.45, 7) is 5.89. The molecule has 1 aromatic heterocycles. The predicted molar refractivity (Wildman–Crippen MR) is 72.3 cm³/mol. The average Bonchev–Trinajstić information content (AvgIpc) is 2.56. The Morgan fingerprint density at radius 3 is 2.55 bits per heavy atom. The van der Waals surface area contributed by atoms with Gasteiger partial charge in [-0.25, -0.2) is 18.6 Å². The Bertz CT molecular complexity index is 484. The summed E-state index contributed by atoms with van der Waals surface area (Å²) < 4.78 is 32.4. The number of carbonyl (C=O) groups excluding carboxylic acids is 1. The number of alkyl halides is 2. The molecule has 1 heterocycles. The molecule has 1 aromatic rings. The first-order valence-electron chi connectivity index (χ1n) is 6.02. The van der Waals surface area contributed by atoms with Gasteiger partial charge in [-0.05, 0) is 27.7 Å². The van der Waals surface area contributed by atoms with E-state index in [0.717, 1.165) is 0 Å². The highest BCUT2D eigenvalue weighted by Gasteiger charge is 2.35. The number of halogens is 2. The highest BCUT2D eigenvalue weighted by atomic mass is 32.1. The molecule has 1 amide bonds. The van der Waals surface area contributed by atoms with Gasteiger partial charge in [-0.1, -0.05) is 11.3 Å². The Hall–Kier alpha value is -1.28. The first-order chi connectivity index (χ1) is 9.05. The van der Waals surface area contributed by atoms with Crippen molar-refractivity contribution in [2.24, 2.45) is 0 Å². The second-order valence-corrected chi connectivity index (χ2v) is 6.24. The van der Waals surface area contributed by atoms with Crippen LogP contribution < -0.4 is 5.32 Å². The van der Waals surface area contributed by atoms with Crippen LogP contribution >= 0.6 is 11.3 Å². The summed E-state index contributed by atoms with van der Waals surface area (Å²) in [5.41, 5.74) is -0.556. The Morgan fingerprint density at radius 2 is 2.05 bits per heavy atom. The van der Waals surface area contributed by atoms with Crippen LogP contribution in [0.3, 0.4) is 0 Å². The van der Waals surface area contributed by atoms with Crippen molar-refractivity contribution >= 4 is 22.6 Å². The van der Waals surface area contributed by atoms with Gasteiger partial charge >= 0.3 is 6.09 Å². The fraction of sp³-hybridized carbons (Fsp3) is 0.667. The number of anilines is 1. The van der Waals surface area contributed by atoms with Crippen LogP contribution in [0, 0.1) is 6.92 Å². The molecular formula is C12H18F2N2O3S. The number of aliphatic hydroxyl groups is 1. The molecule has 0 aromatic carbocycles. The molecular weight excluding hydrogens is 290 g/mol. The Balaban J connectivity index is 2.83. The van der Waals surface area contributed by atoms with Crippen molar-refractivity contribution in [3.05, 3.63) is 10.6 Å². The molecule has 0 saturated heterocycles. The fourth-order valence-electron chi connectivity index (χ4n) is 1.43. The van der Waals surface area contributed by atoms with Gasteiger partial charge in [-0.15, -0.1) is 0 Å². The van der Waals surface area contributed by atoms with E-state index >= 15 is 0 Å². The van der Waals surface area contributed by atoms with Crippen molar-refractivity contribution in [1.29, 1.82) is 0 Å². The number of ether oxygens (including phenoxy) is 1. The van der Waals surface area contributed by atoms with Crippen LogP contribution in [-0.4, -0.2) is 28.4 Å². The second-order valence-electron chi connectivity index (χ2n) is 5.24. The molecule has 0 unspecified atom stereocenters.